The third-order valence-electron chi connectivity index (χ3n) is 4.63. The Morgan fingerprint density at radius 1 is 1.30 bits per heavy atom. The van der Waals surface area contributed by atoms with E-state index in [1.165, 1.54) is 5.56 Å². The zero-order chi connectivity index (χ0) is 16.1. The quantitative estimate of drug-likeness (QED) is 0.862. The maximum Gasteiger partial charge on any atom is 0.225 e. The van der Waals surface area contributed by atoms with Crippen molar-refractivity contribution in [3.05, 3.63) is 35.9 Å². The Morgan fingerprint density at radius 3 is 2.87 bits per heavy atom. The van der Waals surface area contributed by atoms with Gasteiger partial charge in [0.2, 0.25) is 11.8 Å². The molecule has 0 aromatic heterocycles. The highest BCUT2D eigenvalue weighted by Crippen LogP contribution is 2.19. The second kappa shape index (κ2) is 7.59. The minimum Gasteiger partial charge on any atom is -0.376 e. The van der Waals surface area contributed by atoms with Crippen LogP contribution in [0.3, 0.4) is 0 Å². The molecular weight excluding hydrogens is 292 g/mol. The lowest BCUT2D eigenvalue weighted by Gasteiger charge is -2.17. The van der Waals surface area contributed by atoms with Gasteiger partial charge in [-0.25, -0.2) is 0 Å². The van der Waals surface area contributed by atoms with Crippen LogP contribution in [0.5, 0.6) is 0 Å². The van der Waals surface area contributed by atoms with E-state index >= 15 is 0 Å². The van der Waals surface area contributed by atoms with E-state index in [-0.39, 0.29) is 23.8 Å². The zero-order valence-electron chi connectivity index (χ0n) is 13.4. The Labute approximate surface area is 137 Å². The summed E-state index contributed by atoms with van der Waals surface area (Å²) in [6.45, 7) is 2.56. The first-order valence-corrected chi connectivity index (χ1v) is 8.43. The van der Waals surface area contributed by atoms with E-state index in [2.05, 4.69) is 17.4 Å². The first kappa shape index (κ1) is 16.0. The minimum atomic E-state index is -0.223. The summed E-state index contributed by atoms with van der Waals surface area (Å²) in [4.78, 5) is 26.1. The lowest BCUT2D eigenvalue weighted by Crippen LogP contribution is -2.37. The first-order valence-electron chi connectivity index (χ1n) is 8.43. The molecule has 1 aromatic carbocycles. The number of hydrogen-bond donors (Lipinski definition) is 1. The maximum atomic E-state index is 12.2. The highest BCUT2D eigenvalue weighted by molar-refractivity contribution is 5.89. The van der Waals surface area contributed by atoms with Crippen molar-refractivity contribution in [2.45, 2.75) is 31.8 Å². The molecule has 2 saturated heterocycles. The molecule has 3 rings (SSSR count). The van der Waals surface area contributed by atoms with E-state index < -0.39 is 0 Å². The van der Waals surface area contributed by atoms with Crippen LogP contribution in [0.1, 0.15) is 24.8 Å². The minimum absolute atomic E-state index is 0.0175. The molecule has 0 bridgehead atoms. The number of hydrogen-bond acceptors (Lipinski definition) is 3. The van der Waals surface area contributed by atoms with Crippen molar-refractivity contribution in [3.63, 3.8) is 0 Å². The van der Waals surface area contributed by atoms with Crippen molar-refractivity contribution in [3.8, 4) is 0 Å². The van der Waals surface area contributed by atoms with Crippen LogP contribution in [0.25, 0.3) is 0 Å². The van der Waals surface area contributed by atoms with Gasteiger partial charge in [0.1, 0.15) is 0 Å². The summed E-state index contributed by atoms with van der Waals surface area (Å²) in [5, 5.41) is 2.94. The molecule has 2 heterocycles. The van der Waals surface area contributed by atoms with Crippen molar-refractivity contribution >= 4 is 11.8 Å². The van der Waals surface area contributed by atoms with Crippen molar-refractivity contribution in [2.75, 3.05) is 26.2 Å². The predicted octanol–water partition coefficient (Wildman–Crippen LogP) is 1.37. The van der Waals surface area contributed by atoms with Gasteiger partial charge in [-0.1, -0.05) is 30.3 Å². The lowest BCUT2D eigenvalue weighted by molar-refractivity contribution is -0.129. The average Bonchev–Trinajstić information content (AvgIpc) is 3.21. The smallest absolute Gasteiger partial charge is 0.225 e. The van der Waals surface area contributed by atoms with Crippen molar-refractivity contribution in [1.29, 1.82) is 0 Å². The first-order chi connectivity index (χ1) is 11.2. The van der Waals surface area contributed by atoms with Gasteiger partial charge >= 0.3 is 0 Å². The van der Waals surface area contributed by atoms with E-state index in [1.807, 2.05) is 23.1 Å². The predicted molar refractivity (Wildman–Crippen MR) is 86.8 cm³/mol. The molecule has 124 valence electrons. The molecule has 5 heteroatoms. The fourth-order valence-corrected chi connectivity index (χ4v) is 3.24. The van der Waals surface area contributed by atoms with E-state index in [9.17, 15) is 9.59 Å². The molecule has 0 spiro atoms. The summed E-state index contributed by atoms with van der Waals surface area (Å²) < 4.78 is 5.50. The fraction of sp³-hybridized carbons (Fsp3) is 0.556. The number of nitrogens with zero attached hydrogens (tertiary/aromatic N) is 1. The molecule has 2 unspecified atom stereocenters. The Morgan fingerprint density at radius 2 is 2.13 bits per heavy atom. The largest absolute Gasteiger partial charge is 0.376 e. The number of nitrogens with one attached hydrogen (secondary N) is 1. The number of ether oxygens (including phenoxy) is 1. The number of carbonyl (C=O) groups is 2. The van der Waals surface area contributed by atoms with Crippen LogP contribution in [-0.2, 0) is 20.7 Å². The molecule has 0 saturated carbocycles. The molecule has 0 radical (unpaired) electrons. The fourth-order valence-electron chi connectivity index (χ4n) is 3.24. The van der Waals surface area contributed by atoms with Crippen LogP contribution in [0, 0.1) is 5.92 Å². The summed E-state index contributed by atoms with van der Waals surface area (Å²) in [7, 11) is 0. The van der Waals surface area contributed by atoms with E-state index in [0.29, 0.717) is 26.1 Å². The molecule has 2 fully saturated rings. The topological polar surface area (TPSA) is 58.6 Å². The zero-order valence-corrected chi connectivity index (χ0v) is 13.4. The second-order valence-electron chi connectivity index (χ2n) is 6.36. The average molecular weight is 316 g/mol. The van der Waals surface area contributed by atoms with Gasteiger partial charge in [-0.3, -0.25) is 9.59 Å². The van der Waals surface area contributed by atoms with Gasteiger partial charge in [-0.15, -0.1) is 0 Å². The number of benzene rings is 1. The second-order valence-corrected chi connectivity index (χ2v) is 6.36. The van der Waals surface area contributed by atoms with Crippen molar-refractivity contribution in [1.82, 2.24) is 10.2 Å². The number of amides is 2. The molecular formula is C18H24N2O3. The summed E-state index contributed by atoms with van der Waals surface area (Å²) in [5.74, 6) is -0.158. The van der Waals surface area contributed by atoms with Crippen LogP contribution >= 0.6 is 0 Å². The third kappa shape index (κ3) is 4.32. The third-order valence-corrected chi connectivity index (χ3v) is 4.63. The van der Waals surface area contributed by atoms with Crippen molar-refractivity contribution in [2.24, 2.45) is 5.92 Å². The molecule has 0 aliphatic carbocycles. The molecule has 1 aromatic rings. The highest BCUT2D eigenvalue weighted by Gasteiger charge is 2.34. The Bertz CT molecular complexity index is 540. The van der Waals surface area contributed by atoms with Gasteiger partial charge in [-0.05, 0) is 24.8 Å². The number of likely N-dealkylation sites (tertiary alicyclic amines) is 1. The molecule has 2 aliphatic rings. The molecule has 2 aliphatic heterocycles. The molecule has 1 N–H and O–H groups in total. The van der Waals surface area contributed by atoms with Gasteiger partial charge in [0.15, 0.2) is 0 Å². The Hall–Kier alpha value is -1.88. The van der Waals surface area contributed by atoms with Crippen LogP contribution in [0.4, 0.5) is 0 Å². The Kier molecular flexibility index (Phi) is 5.28. The number of rotatable bonds is 6. The standard InChI is InChI=1S/C18H24N2O3/c21-17-11-15(18(22)19-12-16-7-4-10-23-16)13-20(17)9-8-14-5-2-1-3-6-14/h1-3,5-6,15-16H,4,7-13H2,(H,19,22). The summed E-state index contributed by atoms with van der Waals surface area (Å²) >= 11 is 0. The monoisotopic (exact) mass is 316 g/mol. The van der Waals surface area contributed by atoms with Gasteiger partial charge in [0.05, 0.1) is 12.0 Å². The molecule has 23 heavy (non-hydrogen) atoms. The molecule has 2 atom stereocenters. The summed E-state index contributed by atoms with van der Waals surface area (Å²) in [5.41, 5.74) is 1.21. The summed E-state index contributed by atoms with van der Waals surface area (Å²) in [6.07, 6.45) is 3.37. The lowest BCUT2D eigenvalue weighted by atomic mass is 10.1. The normalized spacial score (nSPS) is 24.2. The number of carbonyl (C=O) groups excluding carboxylic acids is 2. The highest BCUT2D eigenvalue weighted by atomic mass is 16.5. The summed E-state index contributed by atoms with van der Waals surface area (Å²) in [6, 6.07) is 10.1. The molecule has 5 nitrogen and oxygen atoms in total. The van der Waals surface area contributed by atoms with Crippen molar-refractivity contribution < 1.29 is 14.3 Å². The van der Waals surface area contributed by atoms with Gasteiger partial charge in [0.25, 0.3) is 0 Å². The van der Waals surface area contributed by atoms with Gasteiger partial charge in [0, 0.05) is 32.7 Å². The van der Waals surface area contributed by atoms with E-state index in [0.717, 1.165) is 25.9 Å². The Balaban J connectivity index is 1.43. The van der Waals surface area contributed by atoms with Gasteiger partial charge < -0.3 is 15.0 Å². The van der Waals surface area contributed by atoms with Crippen LogP contribution in [0.2, 0.25) is 0 Å². The van der Waals surface area contributed by atoms with Crippen LogP contribution in [-0.4, -0.2) is 49.1 Å². The van der Waals surface area contributed by atoms with E-state index in [1.54, 1.807) is 0 Å². The van der Waals surface area contributed by atoms with E-state index in [4.69, 9.17) is 4.74 Å². The van der Waals surface area contributed by atoms with Gasteiger partial charge in [-0.2, -0.15) is 0 Å². The maximum absolute atomic E-state index is 12.2. The molecule has 2 amide bonds. The van der Waals surface area contributed by atoms with Crippen LogP contribution in [0.15, 0.2) is 30.3 Å². The SMILES string of the molecule is O=C(NCC1CCCO1)C1CC(=O)N(CCc2ccccc2)C1. The van der Waals surface area contributed by atoms with Crippen LogP contribution < -0.4 is 5.32 Å².